The average Bonchev–Trinajstić information content (AvgIpc) is 2.71. The van der Waals surface area contributed by atoms with E-state index in [-0.39, 0.29) is 11.5 Å². The van der Waals surface area contributed by atoms with E-state index in [4.69, 9.17) is 14.7 Å². The first-order valence-corrected chi connectivity index (χ1v) is 9.33. The number of aromatic hydroxyl groups is 2. The highest BCUT2D eigenvalue weighted by atomic mass is 16.5. The number of hydrogen-bond donors (Lipinski definition) is 3. The first-order valence-electron chi connectivity index (χ1n) is 9.33. The Labute approximate surface area is 170 Å². The van der Waals surface area contributed by atoms with Crippen LogP contribution in [0.2, 0.25) is 0 Å². The zero-order chi connectivity index (χ0) is 21.3. The molecule has 0 spiro atoms. The van der Waals surface area contributed by atoms with Crippen molar-refractivity contribution in [2.45, 2.75) is 46.1 Å². The highest BCUT2D eigenvalue weighted by Gasteiger charge is 2.33. The minimum atomic E-state index is -0.756. The zero-order valence-electron chi connectivity index (χ0n) is 17.3. The first kappa shape index (κ1) is 20.4. The minimum Gasteiger partial charge on any atom is -0.507 e. The standard InChI is InChI=1S/C23H25NO5/c1-13-14(2)22-18(15(3)20(13)25)7-9-23(4,29-22)8-6-17-10-16(12-24-27)11-19(28-5)21(17)26/h10-12,25-27H,7,9H2,1-5H3/b24-12+. The maximum atomic E-state index is 10.4. The molecular weight excluding hydrogens is 370 g/mol. The van der Waals surface area contributed by atoms with E-state index in [1.165, 1.54) is 13.3 Å². The van der Waals surface area contributed by atoms with Crippen molar-refractivity contribution in [1.82, 2.24) is 0 Å². The van der Waals surface area contributed by atoms with Gasteiger partial charge in [-0.3, -0.25) is 0 Å². The SMILES string of the molecule is COc1cc(/C=N/O)cc(C#CC2(C)CCc3c(C)c(O)c(C)c(C)c3O2)c1O. The van der Waals surface area contributed by atoms with Crippen LogP contribution in [0.4, 0.5) is 0 Å². The molecule has 1 unspecified atom stereocenters. The average molecular weight is 395 g/mol. The van der Waals surface area contributed by atoms with Gasteiger partial charge in [0.25, 0.3) is 0 Å². The lowest BCUT2D eigenvalue weighted by Crippen LogP contribution is -2.35. The van der Waals surface area contributed by atoms with Crippen molar-refractivity contribution in [3.05, 3.63) is 45.5 Å². The van der Waals surface area contributed by atoms with E-state index in [0.29, 0.717) is 23.3 Å². The van der Waals surface area contributed by atoms with Crippen molar-refractivity contribution in [2.24, 2.45) is 5.16 Å². The summed E-state index contributed by atoms with van der Waals surface area (Å²) in [6.07, 6.45) is 2.61. The van der Waals surface area contributed by atoms with Crippen LogP contribution in [0.5, 0.6) is 23.0 Å². The van der Waals surface area contributed by atoms with Crippen molar-refractivity contribution in [3.63, 3.8) is 0 Å². The van der Waals surface area contributed by atoms with Crippen molar-refractivity contribution in [3.8, 4) is 34.8 Å². The Hall–Kier alpha value is -3.33. The smallest absolute Gasteiger partial charge is 0.173 e. The predicted octanol–water partition coefficient (Wildman–Crippen LogP) is 3.98. The van der Waals surface area contributed by atoms with E-state index in [1.54, 1.807) is 12.1 Å². The van der Waals surface area contributed by atoms with E-state index in [0.717, 1.165) is 34.4 Å². The Kier molecular flexibility index (Phi) is 5.34. The quantitative estimate of drug-likeness (QED) is 0.310. The van der Waals surface area contributed by atoms with Gasteiger partial charge in [0, 0.05) is 17.5 Å². The molecule has 1 aliphatic rings. The largest absolute Gasteiger partial charge is 0.507 e. The Morgan fingerprint density at radius 1 is 1.14 bits per heavy atom. The summed E-state index contributed by atoms with van der Waals surface area (Å²) in [5.74, 6) is 7.38. The van der Waals surface area contributed by atoms with Crippen molar-refractivity contribution >= 4 is 6.21 Å². The Morgan fingerprint density at radius 3 is 2.52 bits per heavy atom. The summed E-state index contributed by atoms with van der Waals surface area (Å²) in [4.78, 5) is 0. The second-order valence-electron chi connectivity index (χ2n) is 7.48. The number of benzene rings is 2. The maximum absolute atomic E-state index is 10.4. The first-order chi connectivity index (χ1) is 13.7. The molecule has 6 nitrogen and oxygen atoms in total. The number of phenols is 2. The lowest BCUT2D eigenvalue weighted by Gasteiger charge is -2.34. The van der Waals surface area contributed by atoms with Gasteiger partial charge < -0.3 is 24.9 Å². The van der Waals surface area contributed by atoms with Crippen LogP contribution in [0, 0.1) is 32.6 Å². The molecule has 0 fully saturated rings. The number of nitrogens with zero attached hydrogens (tertiary/aromatic N) is 1. The Balaban J connectivity index is 2.02. The molecule has 0 bridgehead atoms. The molecule has 2 aromatic carbocycles. The van der Waals surface area contributed by atoms with Crippen LogP contribution in [0.25, 0.3) is 0 Å². The number of oxime groups is 1. The highest BCUT2D eigenvalue weighted by Crippen LogP contribution is 2.43. The molecule has 0 aromatic heterocycles. The fraction of sp³-hybridized carbons (Fsp3) is 0.348. The highest BCUT2D eigenvalue weighted by molar-refractivity contribution is 5.82. The Morgan fingerprint density at radius 2 is 1.86 bits per heavy atom. The number of rotatable bonds is 2. The molecule has 0 aliphatic carbocycles. The molecule has 1 aliphatic heterocycles. The molecule has 3 N–H and O–H groups in total. The van der Waals surface area contributed by atoms with Gasteiger partial charge in [-0.1, -0.05) is 17.0 Å². The molecular formula is C23H25NO5. The van der Waals surface area contributed by atoms with E-state index in [9.17, 15) is 10.2 Å². The fourth-order valence-electron chi connectivity index (χ4n) is 3.56. The van der Waals surface area contributed by atoms with Crippen molar-refractivity contribution in [1.29, 1.82) is 0 Å². The second kappa shape index (κ2) is 7.59. The summed E-state index contributed by atoms with van der Waals surface area (Å²) < 4.78 is 11.5. The van der Waals surface area contributed by atoms with Crippen LogP contribution in [-0.2, 0) is 6.42 Å². The number of methoxy groups -OCH3 is 1. The predicted molar refractivity (Wildman–Crippen MR) is 111 cm³/mol. The van der Waals surface area contributed by atoms with Crippen LogP contribution < -0.4 is 9.47 Å². The molecule has 1 heterocycles. The van der Waals surface area contributed by atoms with Crippen molar-refractivity contribution < 1.29 is 24.9 Å². The van der Waals surface area contributed by atoms with Crippen LogP contribution in [0.15, 0.2) is 17.3 Å². The molecule has 29 heavy (non-hydrogen) atoms. The van der Waals surface area contributed by atoms with Gasteiger partial charge >= 0.3 is 0 Å². The van der Waals surface area contributed by atoms with E-state index >= 15 is 0 Å². The van der Waals surface area contributed by atoms with Crippen LogP contribution in [-0.4, -0.2) is 34.3 Å². The summed E-state index contributed by atoms with van der Waals surface area (Å²) in [5.41, 5.74) is 3.70. The summed E-state index contributed by atoms with van der Waals surface area (Å²) in [6.45, 7) is 7.61. The molecule has 0 radical (unpaired) electrons. The molecule has 152 valence electrons. The molecule has 3 rings (SSSR count). The summed E-state index contributed by atoms with van der Waals surface area (Å²) in [7, 11) is 1.44. The third-order valence-corrected chi connectivity index (χ3v) is 5.51. The third kappa shape index (κ3) is 3.68. The van der Waals surface area contributed by atoms with Crippen LogP contribution in [0.1, 0.15) is 46.7 Å². The summed E-state index contributed by atoms with van der Waals surface area (Å²) in [6, 6.07) is 3.17. The van der Waals surface area contributed by atoms with Crippen LogP contribution >= 0.6 is 0 Å². The third-order valence-electron chi connectivity index (χ3n) is 5.51. The summed E-state index contributed by atoms with van der Waals surface area (Å²) >= 11 is 0. The molecule has 1 atom stereocenters. The van der Waals surface area contributed by atoms with E-state index < -0.39 is 5.60 Å². The molecule has 0 amide bonds. The van der Waals surface area contributed by atoms with Crippen LogP contribution in [0.3, 0.4) is 0 Å². The minimum absolute atomic E-state index is 0.0808. The van der Waals surface area contributed by atoms with Gasteiger partial charge in [-0.25, -0.2) is 0 Å². The lowest BCUT2D eigenvalue weighted by atomic mass is 9.87. The lowest BCUT2D eigenvalue weighted by molar-refractivity contribution is 0.122. The fourth-order valence-corrected chi connectivity index (χ4v) is 3.56. The normalized spacial score (nSPS) is 18.0. The monoisotopic (exact) mass is 395 g/mol. The number of phenolic OH excluding ortho intramolecular Hbond substituents is 2. The zero-order valence-corrected chi connectivity index (χ0v) is 17.3. The molecule has 0 saturated carbocycles. The van der Waals surface area contributed by atoms with E-state index in [1.807, 2.05) is 27.7 Å². The molecule has 0 saturated heterocycles. The van der Waals surface area contributed by atoms with E-state index in [2.05, 4.69) is 17.0 Å². The number of fused-ring (bicyclic) bond motifs is 1. The number of hydrogen-bond acceptors (Lipinski definition) is 6. The van der Waals surface area contributed by atoms with Crippen molar-refractivity contribution in [2.75, 3.05) is 7.11 Å². The topological polar surface area (TPSA) is 91.5 Å². The van der Waals surface area contributed by atoms with Gasteiger partial charge in [0.05, 0.1) is 18.9 Å². The summed E-state index contributed by atoms with van der Waals surface area (Å²) in [5, 5.41) is 32.5. The second-order valence-corrected chi connectivity index (χ2v) is 7.48. The number of ether oxygens (including phenoxy) is 2. The molecule has 2 aromatic rings. The molecule has 6 heteroatoms. The van der Waals surface area contributed by atoms with Gasteiger partial charge in [-0.05, 0) is 62.9 Å². The van der Waals surface area contributed by atoms with Gasteiger partial charge in [0.15, 0.2) is 17.1 Å². The van der Waals surface area contributed by atoms with Gasteiger partial charge in [0.2, 0.25) is 0 Å². The van der Waals surface area contributed by atoms with Gasteiger partial charge in [-0.2, -0.15) is 0 Å². The maximum Gasteiger partial charge on any atom is 0.173 e. The Bertz CT molecular complexity index is 1060. The van der Waals surface area contributed by atoms with Gasteiger partial charge in [-0.15, -0.1) is 0 Å². The van der Waals surface area contributed by atoms with Gasteiger partial charge in [0.1, 0.15) is 11.5 Å².